The van der Waals surface area contributed by atoms with Crippen LogP contribution in [0.3, 0.4) is 0 Å². The summed E-state index contributed by atoms with van der Waals surface area (Å²) in [6, 6.07) is -0.0376. The molecule has 1 saturated carbocycles. The third-order valence-electron chi connectivity index (χ3n) is 5.25. The van der Waals surface area contributed by atoms with Gasteiger partial charge < -0.3 is 15.6 Å². The van der Waals surface area contributed by atoms with Gasteiger partial charge in [0.25, 0.3) is 0 Å². The van der Waals surface area contributed by atoms with Crippen molar-refractivity contribution in [2.45, 2.75) is 32.7 Å². The number of nitrogen functional groups attached to an aromatic ring is 1. The van der Waals surface area contributed by atoms with Crippen LogP contribution in [0.4, 0.5) is 20.2 Å². The number of fused-ring (bicyclic) bond motifs is 1. The molecular formula is C17H19F2N2O4+. The molecule has 1 unspecified atom stereocenters. The fourth-order valence-electron chi connectivity index (χ4n) is 4.00. The standard InChI is InChI=1S/C17H18F2N2O4/c1-4-21(8-5-6-8)7(2)9(17(23)24)15(22)10-13(20)11(18)12(19)16(25-3)14(10)21/h8H,4-6H2,1-3H3,(H2-,20,22,23,24)/p+1. The summed E-state index contributed by atoms with van der Waals surface area (Å²) >= 11 is 0. The summed E-state index contributed by atoms with van der Waals surface area (Å²) in [4.78, 5) is 24.5. The molecule has 0 bridgehead atoms. The molecule has 0 aromatic heterocycles. The Morgan fingerprint density at radius 3 is 2.40 bits per heavy atom. The molecule has 1 aliphatic carbocycles. The average molecular weight is 353 g/mol. The number of Topliss-reactive ketones (excluding diaryl/α,β-unsaturated/α-hetero) is 1. The minimum Gasteiger partial charge on any atom is -0.489 e. The number of aliphatic carboxylic acids is 1. The van der Waals surface area contributed by atoms with Gasteiger partial charge in [0, 0.05) is 19.8 Å². The minimum atomic E-state index is -1.41. The van der Waals surface area contributed by atoms with E-state index in [1.165, 1.54) is 7.11 Å². The molecule has 1 aromatic carbocycles. The Kier molecular flexibility index (Phi) is 3.83. The van der Waals surface area contributed by atoms with Crippen LogP contribution in [-0.4, -0.2) is 36.6 Å². The van der Waals surface area contributed by atoms with E-state index >= 15 is 0 Å². The number of anilines is 1. The highest BCUT2D eigenvalue weighted by Gasteiger charge is 2.57. The van der Waals surface area contributed by atoms with Gasteiger partial charge in [-0.25, -0.2) is 9.18 Å². The molecule has 1 fully saturated rings. The lowest BCUT2D eigenvalue weighted by Crippen LogP contribution is -2.54. The predicted molar refractivity (Wildman–Crippen MR) is 87.3 cm³/mol. The molecule has 0 saturated heterocycles. The van der Waals surface area contributed by atoms with E-state index < -0.39 is 40.4 Å². The van der Waals surface area contributed by atoms with E-state index in [2.05, 4.69) is 0 Å². The Morgan fingerprint density at radius 1 is 1.36 bits per heavy atom. The number of methoxy groups -OCH3 is 1. The van der Waals surface area contributed by atoms with E-state index in [9.17, 15) is 23.5 Å². The number of nitrogens with two attached hydrogens (primary N) is 1. The van der Waals surface area contributed by atoms with Crippen LogP contribution in [0, 0.1) is 11.6 Å². The van der Waals surface area contributed by atoms with Gasteiger partial charge >= 0.3 is 5.97 Å². The molecule has 2 aliphatic rings. The summed E-state index contributed by atoms with van der Waals surface area (Å²) in [6.45, 7) is 3.70. The molecule has 1 heterocycles. The van der Waals surface area contributed by atoms with Crippen molar-refractivity contribution < 1.29 is 28.2 Å². The largest absolute Gasteiger partial charge is 0.489 e. The minimum absolute atomic E-state index is 0.0376. The zero-order valence-electron chi connectivity index (χ0n) is 14.2. The molecule has 0 amide bonds. The Morgan fingerprint density at radius 2 is 1.96 bits per heavy atom. The zero-order chi connectivity index (χ0) is 18.7. The van der Waals surface area contributed by atoms with E-state index in [1.54, 1.807) is 13.8 Å². The van der Waals surface area contributed by atoms with Gasteiger partial charge in [-0.15, -0.1) is 0 Å². The molecular weight excluding hydrogens is 334 g/mol. The molecule has 3 rings (SSSR count). The number of carbonyl (C=O) groups excluding carboxylic acids is 1. The number of ketones is 1. The number of nitrogens with zero attached hydrogens (tertiary/aromatic N) is 1. The normalized spacial score (nSPS) is 22.8. The van der Waals surface area contributed by atoms with E-state index in [4.69, 9.17) is 10.5 Å². The molecule has 3 N–H and O–H groups in total. The van der Waals surface area contributed by atoms with E-state index in [0.29, 0.717) is 12.2 Å². The number of allylic oxidation sites excluding steroid dienone is 1. The average Bonchev–Trinajstić information content (AvgIpc) is 3.39. The number of ether oxygens (including phenoxy) is 1. The topological polar surface area (TPSA) is 89.6 Å². The lowest BCUT2D eigenvalue weighted by atomic mass is 9.89. The van der Waals surface area contributed by atoms with E-state index in [0.717, 1.165) is 12.8 Å². The van der Waals surface area contributed by atoms with Crippen LogP contribution in [0.2, 0.25) is 0 Å². The van der Waals surface area contributed by atoms with Gasteiger partial charge in [-0.05, 0) is 6.92 Å². The number of hydrogen-bond donors (Lipinski definition) is 2. The molecule has 134 valence electrons. The monoisotopic (exact) mass is 353 g/mol. The summed E-state index contributed by atoms with van der Waals surface area (Å²) in [5, 5.41) is 9.55. The zero-order valence-corrected chi connectivity index (χ0v) is 14.2. The Balaban J connectivity index is 2.53. The van der Waals surface area contributed by atoms with E-state index in [-0.39, 0.29) is 21.8 Å². The summed E-state index contributed by atoms with van der Waals surface area (Å²) in [6.07, 6.45) is 1.54. The molecule has 0 spiro atoms. The van der Waals surface area contributed by atoms with Gasteiger partial charge in [-0.1, -0.05) is 0 Å². The quantitative estimate of drug-likeness (QED) is 0.493. The Bertz CT molecular complexity index is 846. The van der Waals surface area contributed by atoms with Crippen LogP contribution in [0.15, 0.2) is 11.3 Å². The lowest BCUT2D eigenvalue weighted by molar-refractivity contribution is -0.132. The van der Waals surface area contributed by atoms with Crippen molar-refractivity contribution in [1.82, 2.24) is 4.48 Å². The first-order valence-corrected chi connectivity index (χ1v) is 7.96. The van der Waals surface area contributed by atoms with Gasteiger partial charge in [0.05, 0.1) is 25.4 Å². The molecule has 25 heavy (non-hydrogen) atoms. The summed E-state index contributed by atoms with van der Waals surface area (Å²) in [7, 11) is 1.18. The second-order valence-corrected chi connectivity index (χ2v) is 6.31. The van der Waals surface area contributed by atoms with Crippen molar-refractivity contribution in [2.75, 3.05) is 19.4 Å². The van der Waals surface area contributed by atoms with Crippen molar-refractivity contribution in [3.05, 3.63) is 28.5 Å². The first kappa shape index (κ1) is 17.3. The summed E-state index contributed by atoms with van der Waals surface area (Å²) in [5.41, 5.74) is 4.68. The van der Waals surface area contributed by atoms with Crippen molar-refractivity contribution in [3.8, 4) is 5.75 Å². The fraction of sp³-hybridized carbons (Fsp3) is 0.412. The first-order valence-electron chi connectivity index (χ1n) is 7.96. The van der Waals surface area contributed by atoms with Crippen LogP contribution in [0.5, 0.6) is 5.75 Å². The number of carbonyl (C=O) groups is 2. The number of quaternary nitrogens is 1. The summed E-state index contributed by atoms with van der Waals surface area (Å²) < 4.78 is 33.8. The SMILES string of the molecule is CC[N+]1(C2CC2)C(C)=C(C(=O)O)C(=O)c2c(N)c(F)c(F)c(OC)c21. The number of rotatable bonds is 4. The maximum atomic E-state index is 14.5. The second kappa shape index (κ2) is 5.52. The fourth-order valence-corrected chi connectivity index (χ4v) is 4.00. The van der Waals surface area contributed by atoms with Gasteiger partial charge in [-0.3, -0.25) is 9.28 Å². The highest BCUT2D eigenvalue weighted by atomic mass is 19.2. The van der Waals surface area contributed by atoms with Crippen molar-refractivity contribution >= 4 is 23.1 Å². The number of carboxylic acid groups (broad SMARTS) is 1. The Labute approximate surface area is 143 Å². The van der Waals surface area contributed by atoms with Gasteiger partial charge in [0.1, 0.15) is 11.3 Å². The molecule has 1 atom stereocenters. The van der Waals surface area contributed by atoms with Crippen LogP contribution < -0.4 is 15.0 Å². The number of benzene rings is 1. The van der Waals surface area contributed by atoms with Crippen LogP contribution in [0.1, 0.15) is 37.0 Å². The van der Waals surface area contributed by atoms with Crippen molar-refractivity contribution in [2.24, 2.45) is 0 Å². The first-order chi connectivity index (χ1) is 11.7. The maximum absolute atomic E-state index is 14.5. The smallest absolute Gasteiger partial charge is 0.345 e. The number of hydrogen-bond acceptors (Lipinski definition) is 4. The van der Waals surface area contributed by atoms with E-state index in [1.807, 2.05) is 0 Å². The Hall–Kier alpha value is -2.48. The van der Waals surface area contributed by atoms with Crippen LogP contribution in [0.25, 0.3) is 0 Å². The van der Waals surface area contributed by atoms with Gasteiger partial charge in [0.2, 0.25) is 17.3 Å². The third-order valence-corrected chi connectivity index (χ3v) is 5.25. The summed E-state index contributed by atoms with van der Waals surface area (Å²) in [5.74, 6) is -5.40. The molecule has 1 aliphatic heterocycles. The molecule has 8 heteroatoms. The molecule has 0 radical (unpaired) electrons. The number of halogens is 2. The van der Waals surface area contributed by atoms with Crippen molar-refractivity contribution in [3.63, 3.8) is 0 Å². The maximum Gasteiger partial charge on any atom is 0.345 e. The van der Waals surface area contributed by atoms with Crippen LogP contribution in [-0.2, 0) is 4.79 Å². The highest BCUT2D eigenvalue weighted by molar-refractivity contribution is 6.29. The van der Waals surface area contributed by atoms with Crippen molar-refractivity contribution in [1.29, 1.82) is 0 Å². The van der Waals surface area contributed by atoms with Gasteiger partial charge in [0.15, 0.2) is 17.1 Å². The van der Waals surface area contributed by atoms with Gasteiger partial charge in [-0.2, -0.15) is 4.39 Å². The molecule has 6 nitrogen and oxygen atoms in total. The number of carboxylic acids is 1. The third kappa shape index (κ3) is 2.03. The second-order valence-electron chi connectivity index (χ2n) is 6.31. The van der Waals surface area contributed by atoms with Crippen LogP contribution >= 0.6 is 0 Å². The molecule has 1 aromatic rings. The predicted octanol–water partition coefficient (Wildman–Crippen LogP) is 2.60. The lowest BCUT2D eigenvalue weighted by Gasteiger charge is -2.42. The highest BCUT2D eigenvalue weighted by Crippen LogP contribution is 2.54.